The number of rotatable bonds is 7. The van der Waals surface area contributed by atoms with Crippen LogP contribution in [0.2, 0.25) is 0 Å². The zero-order valence-corrected chi connectivity index (χ0v) is 23.6. The Morgan fingerprint density at radius 3 is 2.34 bits per heavy atom. The molecular formula is C29H31N7O4S. The number of anilines is 1. The second kappa shape index (κ2) is 10.3. The number of nitrogens with one attached hydrogen (secondary N) is 1. The maximum Gasteiger partial charge on any atom is 0.238 e. The van der Waals surface area contributed by atoms with Crippen LogP contribution >= 0.6 is 0 Å². The Balaban J connectivity index is 1.34. The van der Waals surface area contributed by atoms with E-state index in [4.69, 9.17) is 10.7 Å². The summed E-state index contributed by atoms with van der Waals surface area (Å²) in [6.45, 7) is 1.21. The molecule has 4 aromatic rings. The lowest BCUT2D eigenvalue weighted by Gasteiger charge is -2.39. The Kier molecular flexibility index (Phi) is 6.82. The minimum Gasteiger partial charge on any atom is -0.383 e. The van der Waals surface area contributed by atoms with Gasteiger partial charge in [-0.05, 0) is 38.7 Å². The van der Waals surface area contributed by atoms with Crippen molar-refractivity contribution < 1.29 is 18.0 Å². The lowest BCUT2D eigenvalue weighted by Crippen LogP contribution is -2.49. The summed E-state index contributed by atoms with van der Waals surface area (Å²) >= 11 is 0. The van der Waals surface area contributed by atoms with E-state index in [1.807, 2.05) is 47.4 Å². The fraction of sp³-hybridized carbons (Fsp3) is 0.345. The molecule has 2 aliphatic rings. The zero-order valence-electron chi connectivity index (χ0n) is 22.8. The summed E-state index contributed by atoms with van der Waals surface area (Å²) in [4.78, 5) is 37.2. The average Bonchev–Trinajstić information content (AvgIpc) is 3.49. The quantitative estimate of drug-likeness (QED) is 0.320. The van der Waals surface area contributed by atoms with E-state index in [9.17, 15) is 18.0 Å². The number of pyridine rings is 1. The molecule has 2 unspecified atom stereocenters. The third-order valence-electron chi connectivity index (χ3n) is 8.10. The number of hydrogen-bond donors (Lipinski definition) is 2. The number of carbonyl (C=O) groups excluding carboxylic acids is 2. The van der Waals surface area contributed by atoms with E-state index in [0.29, 0.717) is 29.7 Å². The number of ketones is 1. The van der Waals surface area contributed by atoms with Gasteiger partial charge in [0, 0.05) is 40.9 Å². The Morgan fingerprint density at radius 1 is 1.02 bits per heavy atom. The molecule has 0 spiro atoms. The van der Waals surface area contributed by atoms with Crippen LogP contribution < -0.4 is 10.5 Å². The summed E-state index contributed by atoms with van der Waals surface area (Å²) in [6, 6.07) is 13.7. The van der Waals surface area contributed by atoms with Gasteiger partial charge < -0.3 is 10.6 Å². The molecule has 0 aliphatic carbocycles. The van der Waals surface area contributed by atoms with Crippen LogP contribution in [0, 0.1) is 0 Å². The van der Waals surface area contributed by atoms with Crippen LogP contribution in [0.25, 0.3) is 28.0 Å². The number of aromatic nitrogens is 4. The highest BCUT2D eigenvalue weighted by Crippen LogP contribution is 2.44. The zero-order chi connectivity index (χ0) is 28.9. The molecule has 0 radical (unpaired) electrons. The van der Waals surface area contributed by atoms with Crippen LogP contribution in [0.5, 0.6) is 0 Å². The molecule has 0 saturated carbocycles. The van der Waals surface area contributed by atoms with Crippen LogP contribution in [0.15, 0.2) is 54.9 Å². The molecule has 1 aromatic carbocycles. The number of amides is 1. The van der Waals surface area contributed by atoms with E-state index >= 15 is 0 Å². The Hall–Kier alpha value is -4.16. The summed E-state index contributed by atoms with van der Waals surface area (Å²) in [5.74, 6) is -0.283. The van der Waals surface area contributed by atoms with Gasteiger partial charge in [0.1, 0.15) is 5.82 Å². The van der Waals surface area contributed by atoms with Crippen LogP contribution in [-0.4, -0.2) is 69.5 Å². The maximum atomic E-state index is 12.9. The predicted octanol–water partition coefficient (Wildman–Crippen LogP) is 3.03. The van der Waals surface area contributed by atoms with E-state index in [0.717, 1.165) is 41.5 Å². The van der Waals surface area contributed by atoms with Crippen molar-refractivity contribution in [2.75, 3.05) is 18.5 Å². The summed E-state index contributed by atoms with van der Waals surface area (Å²) in [7, 11) is -3.48. The summed E-state index contributed by atoms with van der Waals surface area (Å²) < 4.78 is 26.8. The number of nitrogens with zero attached hydrogens (tertiary/aromatic N) is 5. The summed E-state index contributed by atoms with van der Waals surface area (Å²) in [6.07, 6.45) is 7.36. The highest BCUT2D eigenvalue weighted by Gasteiger charge is 2.45. The van der Waals surface area contributed by atoms with Crippen molar-refractivity contribution in [3.63, 3.8) is 0 Å². The Bertz CT molecular complexity index is 1740. The highest BCUT2D eigenvalue weighted by molar-refractivity contribution is 7.88. The molecule has 6 rings (SSSR count). The predicted molar refractivity (Wildman–Crippen MR) is 155 cm³/mol. The molecule has 2 fully saturated rings. The van der Waals surface area contributed by atoms with Crippen molar-refractivity contribution in [3.05, 3.63) is 66.1 Å². The number of nitrogen functional groups attached to an aromatic ring is 1. The number of nitrogens with two attached hydrogens (primary N) is 1. The molecule has 2 bridgehead atoms. The first-order chi connectivity index (χ1) is 19.6. The maximum absolute atomic E-state index is 12.9. The minimum atomic E-state index is -3.48. The van der Waals surface area contributed by atoms with Gasteiger partial charge >= 0.3 is 0 Å². The molecule has 11 nitrogen and oxygen atoms in total. The van der Waals surface area contributed by atoms with Crippen LogP contribution in [-0.2, 0) is 14.8 Å². The van der Waals surface area contributed by atoms with E-state index < -0.39 is 10.0 Å². The van der Waals surface area contributed by atoms with Crippen molar-refractivity contribution in [1.29, 1.82) is 0 Å². The van der Waals surface area contributed by atoms with Crippen molar-refractivity contribution in [2.45, 2.75) is 50.6 Å². The van der Waals surface area contributed by atoms with E-state index in [1.54, 1.807) is 12.4 Å². The second-order valence-corrected chi connectivity index (χ2v) is 12.7. The average molecular weight is 574 g/mol. The van der Waals surface area contributed by atoms with Crippen molar-refractivity contribution in [1.82, 2.24) is 29.2 Å². The highest BCUT2D eigenvalue weighted by atomic mass is 32.2. The van der Waals surface area contributed by atoms with Crippen molar-refractivity contribution in [3.8, 4) is 22.4 Å². The molecule has 2 atom stereocenters. The van der Waals surface area contributed by atoms with Crippen LogP contribution in [0.1, 0.15) is 54.6 Å². The van der Waals surface area contributed by atoms with Crippen LogP contribution in [0.3, 0.4) is 0 Å². The van der Waals surface area contributed by atoms with Gasteiger partial charge in [-0.1, -0.05) is 36.4 Å². The standard InChI is InChI=1S/C29H31N7O4S/c1-17(37)26-27(20-12-21-9-10-22(13-20)35(21)25(38)16-33-41(2,39)40)34-29-23(15-32-36(29)28(26)30)19-8-11-24(31-14-19)18-6-4-3-5-7-18/h3-8,11,14-15,20-22,33H,9-10,12-13,16,30H2,1-2H3. The normalized spacial score (nSPS) is 20.4. The van der Waals surface area contributed by atoms with Crippen molar-refractivity contribution in [2.24, 2.45) is 0 Å². The monoisotopic (exact) mass is 573 g/mol. The second-order valence-electron chi connectivity index (χ2n) is 10.9. The number of hydrogen-bond acceptors (Lipinski definition) is 8. The van der Waals surface area contributed by atoms with Gasteiger partial charge in [0.25, 0.3) is 0 Å². The Morgan fingerprint density at radius 2 is 1.73 bits per heavy atom. The first-order valence-electron chi connectivity index (χ1n) is 13.6. The molecule has 12 heteroatoms. The number of Topliss-reactive ketones (excluding diaryl/α,β-unsaturated/α-hetero) is 1. The number of piperidine rings is 1. The Labute approximate surface area is 237 Å². The molecule has 212 valence electrons. The third kappa shape index (κ3) is 5.08. The molecule has 3 N–H and O–H groups in total. The minimum absolute atomic E-state index is 0.0641. The molecule has 2 aliphatic heterocycles. The molecule has 1 amide bonds. The van der Waals surface area contributed by atoms with E-state index in [1.165, 1.54) is 11.4 Å². The van der Waals surface area contributed by atoms with E-state index in [-0.39, 0.29) is 42.1 Å². The number of fused-ring (bicyclic) bond motifs is 3. The first kappa shape index (κ1) is 27.0. The molecule has 3 aromatic heterocycles. The van der Waals surface area contributed by atoms with Crippen molar-refractivity contribution >= 4 is 33.2 Å². The number of sulfonamides is 1. The topological polar surface area (TPSA) is 153 Å². The lowest BCUT2D eigenvalue weighted by atomic mass is 9.85. The fourth-order valence-corrected chi connectivity index (χ4v) is 6.70. The van der Waals surface area contributed by atoms with Gasteiger partial charge in [-0.2, -0.15) is 9.61 Å². The van der Waals surface area contributed by atoms with E-state index in [2.05, 4.69) is 14.8 Å². The molecular weight excluding hydrogens is 542 g/mol. The van der Waals surface area contributed by atoms with Gasteiger partial charge in [0.15, 0.2) is 11.4 Å². The van der Waals surface area contributed by atoms with Gasteiger partial charge in [-0.3, -0.25) is 14.6 Å². The van der Waals surface area contributed by atoms with Crippen LogP contribution in [0.4, 0.5) is 5.82 Å². The largest absolute Gasteiger partial charge is 0.383 e. The van der Waals surface area contributed by atoms with Gasteiger partial charge in [-0.25, -0.2) is 18.1 Å². The smallest absolute Gasteiger partial charge is 0.238 e. The number of carbonyl (C=O) groups is 2. The molecule has 2 saturated heterocycles. The summed E-state index contributed by atoms with van der Waals surface area (Å²) in [5.41, 5.74) is 11.5. The molecule has 41 heavy (non-hydrogen) atoms. The van der Waals surface area contributed by atoms with Gasteiger partial charge in [0.2, 0.25) is 15.9 Å². The fourth-order valence-electron chi connectivity index (χ4n) is 6.32. The molecule has 5 heterocycles. The SMILES string of the molecule is CC(=O)c1c(C2CC3CCC(C2)N3C(=O)CNS(C)(=O)=O)nc2c(-c3ccc(-c4ccccc4)nc3)cnn2c1N. The lowest BCUT2D eigenvalue weighted by molar-refractivity contribution is -0.134. The van der Waals surface area contributed by atoms with Gasteiger partial charge in [-0.15, -0.1) is 0 Å². The number of benzene rings is 1. The third-order valence-corrected chi connectivity index (χ3v) is 8.77. The first-order valence-corrected chi connectivity index (χ1v) is 15.5. The summed E-state index contributed by atoms with van der Waals surface area (Å²) in [5, 5.41) is 4.46. The van der Waals surface area contributed by atoms with Gasteiger partial charge in [0.05, 0.1) is 35.9 Å².